The maximum Gasteiger partial charge on any atom is 0.118 e. The topological polar surface area (TPSA) is 75.5 Å². The molecule has 0 saturated heterocycles. The highest BCUT2D eigenvalue weighted by Crippen LogP contribution is 2.12. The zero-order valence-corrected chi connectivity index (χ0v) is 9.30. The number of phenols is 2. The molecule has 0 aliphatic carbocycles. The van der Waals surface area contributed by atoms with Gasteiger partial charge in [0, 0.05) is 0 Å². The van der Waals surface area contributed by atoms with Crippen molar-refractivity contribution in [1.29, 1.82) is 0 Å². The van der Waals surface area contributed by atoms with Gasteiger partial charge in [-0.05, 0) is 30.7 Å². The number of aryl methyl sites for hydroxylation is 1. The van der Waals surface area contributed by atoms with Crippen molar-refractivity contribution in [2.45, 2.75) is 6.92 Å². The lowest BCUT2D eigenvalue weighted by atomic mass is 10.2. The largest absolute Gasteiger partial charge is 0.508 e. The molecule has 0 atom stereocenters. The average Bonchev–Trinajstić information content (AvgIpc) is 2.25. The van der Waals surface area contributed by atoms with E-state index >= 15 is 0 Å². The molecule has 0 fully saturated rings. The summed E-state index contributed by atoms with van der Waals surface area (Å²) in [4.78, 5) is 0. The van der Waals surface area contributed by atoms with Crippen LogP contribution < -0.4 is 6.15 Å². The van der Waals surface area contributed by atoms with Crippen LogP contribution in [0.4, 0.5) is 0 Å². The van der Waals surface area contributed by atoms with Crippen molar-refractivity contribution in [2.24, 2.45) is 0 Å². The van der Waals surface area contributed by atoms with E-state index in [1.54, 1.807) is 30.3 Å². The van der Waals surface area contributed by atoms with Crippen LogP contribution in [0.2, 0.25) is 0 Å². The van der Waals surface area contributed by atoms with Gasteiger partial charge in [-0.1, -0.05) is 36.4 Å². The number of benzene rings is 2. The number of rotatable bonds is 0. The first-order valence-electron chi connectivity index (χ1n) is 4.69. The van der Waals surface area contributed by atoms with Gasteiger partial charge in [-0.15, -0.1) is 0 Å². The second-order valence-electron chi connectivity index (χ2n) is 3.12. The molecule has 2 aromatic rings. The molecule has 2 rings (SSSR count). The van der Waals surface area contributed by atoms with Crippen LogP contribution in [0, 0.1) is 6.92 Å². The number of para-hydroxylation sites is 2. The van der Waals surface area contributed by atoms with Gasteiger partial charge >= 0.3 is 0 Å². The molecule has 2 aromatic carbocycles. The Hall–Kier alpha value is -2.00. The monoisotopic (exact) mass is 219 g/mol. The molecule has 3 nitrogen and oxygen atoms in total. The molecule has 0 aliphatic rings. The summed E-state index contributed by atoms with van der Waals surface area (Å²) in [5.74, 6) is 0.690. The first kappa shape index (κ1) is 14.0. The maximum absolute atomic E-state index is 8.92. The molecule has 0 radical (unpaired) electrons. The second kappa shape index (κ2) is 7.31. The molecular weight excluding hydrogens is 202 g/mol. The van der Waals surface area contributed by atoms with Gasteiger partial charge in [-0.3, -0.25) is 0 Å². The first-order valence-corrected chi connectivity index (χ1v) is 4.69. The Morgan fingerprint density at radius 2 is 1.25 bits per heavy atom. The predicted octanol–water partition coefficient (Wildman–Crippen LogP) is 3.25. The minimum Gasteiger partial charge on any atom is -0.508 e. The van der Waals surface area contributed by atoms with E-state index in [4.69, 9.17) is 10.2 Å². The minimum absolute atomic E-state index is 0. The fourth-order valence-corrected chi connectivity index (χ4v) is 0.991. The van der Waals surface area contributed by atoms with Gasteiger partial charge in [0.2, 0.25) is 0 Å². The van der Waals surface area contributed by atoms with E-state index in [2.05, 4.69) is 0 Å². The third-order valence-electron chi connectivity index (χ3n) is 1.87. The van der Waals surface area contributed by atoms with Gasteiger partial charge in [-0.2, -0.15) is 0 Å². The summed E-state index contributed by atoms with van der Waals surface area (Å²) >= 11 is 0. The van der Waals surface area contributed by atoms with Crippen LogP contribution in [0.15, 0.2) is 54.6 Å². The van der Waals surface area contributed by atoms with Crippen molar-refractivity contribution >= 4 is 0 Å². The number of aromatic hydroxyl groups is 2. The quantitative estimate of drug-likeness (QED) is 0.636. The Balaban J connectivity index is 0.000000267. The Morgan fingerprint density at radius 1 is 0.750 bits per heavy atom. The van der Waals surface area contributed by atoms with Crippen molar-refractivity contribution in [3.8, 4) is 11.5 Å². The van der Waals surface area contributed by atoms with E-state index in [0.717, 1.165) is 5.56 Å². The van der Waals surface area contributed by atoms with E-state index in [1.165, 1.54) is 0 Å². The molecule has 0 unspecified atom stereocenters. The molecule has 0 aromatic heterocycles. The van der Waals surface area contributed by atoms with E-state index in [-0.39, 0.29) is 6.15 Å². The van der Waals surface area contributed by atoms with Crippen molar-refractivity contribution in [3.05, 3.63) is 60.2 Å². The fourth-order valence-electron chi connectivity index (χ4n) is 0.991. The van der Waals surface area contributed by atoms with Crippen molar-refractivity contribution in [3.63, 3.8) is 0 Å². The fraction of sp³-hybridized carbons (Fsp3) is 0.0769. The molecule has 0 spiro atoms. The Kier molecular flexibility index (Phi) is 6.40. The van der Waals surface area contributed by atoms with E-state index < -0.39 is 0 Å². The lowest BCUT2D eigenvalue weighted by Gasteiger charge is -1.92. The normalized spacial score (nSPS) is 8.31. The van der Waals surface area contributed by atoms with Gasteiger partial charge < -0.3 is 16.4 Å². The molecule has 5 N–H and O–H groups in total. The van der Waals surface area contributed by atoms with Gasteiger partial charge in [0.1, 0.15) is 11.5 Å². The van der Waals surface area contributed by atoms with Crippen LogP contribution in [0.5, 0.6) is 11.5 Å². The third kappa shape index (κ3) is 5.02. The Labute approximate surface area is 95.6 Å². The van der Waals surface area contributed by atoms with Gasteiger partial charge in [-0.25, -0.2) is 0 Å². The summed E-state index contributed by atoms with van der Waals surface area (Å²) in [6, 6.07) is 16.0. The smallest absolute Gasteiger partial charge is 0.118 e. The summed E-state index contributed by atoms with van der Waals surface area (Å²) in [6.07, 6.45) is 0. The number of hydrogen-bond donors (Lipinski definition) is 3. The maximum atomic E-state index is 8.92. The van der Waals surface area contributed by atoms with Crippen LogP contribution in [0.3, 0.4) is 0 Å². The van der Waals surface area contributed by atoms with Crippen LogP contribution in [-0.2, 0) is 0 Å². The SMILES string of the molecule is Cc1ccccc1O.N.Oc1ccccc1. The Bertz CT molecular complexity index is 381. The molecule has 0 bridgehead atoms. The Morgan fingerprint density at radius 3 is 1.56 bits per heavy atom. The van der Waals surface area contributed by atoms with Crippen molar-refractivity contribution < 1.29 is 10.2 Å². The highest BCUT2D eigenvalue weighted by molar-refractivity contribution is 5.29. The highest BCUT2D eigenvalue weighted by atomic mass is 16.3. The lowest BCUT2D eigenvalue weighted by molar-refractivity contribution is 0.471. The summed E-state index contributed by atoms with van der Waals surface area (Å²) in [5, 5.41) is 17.6. The predicted molar refractivity (Wildman–Crippen MR) is 66.0 cm³/mol. The van der Waals surface area contributed by atoms with Gasteiger partial charge in [0.05, 0.1) is 0 Å². The first-order chi connectivity index (χ1) is 7.20. The molecule has 16 heavy (non-hydrogen) atoms. The summed E-state index contributed by atoms with van der Waals surface area (Å²) < 4.78 is 0. The number of phenolic OH excluding ortho intramolecular Hbond substituents is 2. The molecule has 0 heterocycles. The highest BCUT2D eigenvalue weighted by Gasteiger charge is 1.87. The molecule has 86 valence electrons. The standard InChI is InChI=1S/C7H8O.C6H6O.H3N/c1-6-4-2-3-5-7(6)8;7-6-4-2-1-3-5-6;/h2-5,8H,1H3;1-5,7H;1H3. The average molecular weight is 219 g/mol. The summed E-state index contributed by atoms with van der Waals surface area (Å²) in [7, 11) is 0. The minimum atomic E-state index is 0. The van der Waals surface area contributed by atoms with Crippen LogP contribution in [0.25, 0.3) is 0 Å². The van der Waals surface area contributed by atoms with E-state index in [1.807, 2.05) is 31.2 Å². The molecule has 0 aliphatic heterocycles. The summed E-state index contributed by atoms with van der Waals surface area (Å²) in [5.41, 5.74) is 0.924. The van der Waals surface area contributed by atoms with Crippen molar-refractivity contribution in [2.75, 3.05) is 0 Å². The second-order valence-corrected chi connectivity index (χ2v) is 3.12. The molecule has 3 heteroatoms. The zero-order chi connectivity index (χ0) is 11.1. The lowest BCUT2D eigenvalue weighted by Crippen LogP contribution is -1.68. The molecule has 0 saturated carbocycles. The van der Waals surface area contributed by atoms with E-state index in [0.29, 0.717) is 11.5 Å². The number of hydrogen-bond acceptors (Lipinski definition) is 3. The summed E-state index contributed by atoms with van der Waals surface area (Å²) in [6.45, 7) is 1.87. The molecular formula is C13H17NO2. The van der Waals surface area contributed by atoms with Gasteiger partial charge in [0.25, 0.3) is 0 Å². The third-order valence-corrected chi connectivity index (χ3v) is 1.87. The van der Waals surface area contributed by atoms with Crippen molar-refractivity contribution in [1.82, 2.24) is 6.15 Å². The van der Waals surface area contributed by atoms with Crippen LogP contribution in [0.1, 0.15) is 5.56 Å². The van der Waals surface area contributed by atoms with Crippen LogP contribution in [-0.4, -0.2) is 10.2 Å². The van der Waals surface area contributed by atoms with E-state index in [9.17, 15) is 0 Å². The van der Waals surface area contributed by atoms with Crippen LogP contribution >= 0.6 is 0 Å². The van der Waals surface area contributed by atoms with Gasteiger partial charge in [0.15, 0.2) is 0 Å². The molecule has 0 amide bonds. The zero-order valence-electron chi connectivity index (χ0n) is 9.30.